The fourth-order valence-electron chi connectivity index (χ4n) is 2.87. The molecule has 0 spiro atoms. The number of rotatable bonds is 4. The second-order valence-electron chi connectivity index (χ2n) is 6.22. The Morgan fingerprint density at radius 1 is 0.962 bits per heavy atom. The normalized spacial score (nSPS) is 14.3. The van der Waals surface area contributed by atoms with Crippen LogP contribution >= 0.6 is 0 Å². The van der Waals surface area contributed by atoms with E-state index >= 15 is 0 Å². The Balaban J connectivity index is 0.000000284. The highest BCUT2D eigenvalue weighted by atomic mass is 16.5. The van der Waals surface area contributed by atoms with Crippen LogP contribution in [0.4, 0.5) is 5.95 Å². The number of anilines is 1. The molecule has 0 aromatic carbocycles. The highest BCUT2D eigenvalue weighted by Crippen LogP contribution is 2.23. The maximum absolute atomic E-state index is 5.61. The summed E-state index contributed by atoms with van der Waals surface area (Å²) in [6, 6.07) is 1.90. The Morgan fingerprint density at radius 3 is 2.00 bits per heavy atom. The van der Waals surface area contributed by atoms with Crippen LogP contribution in [0.3, 0.4) is 0 Å². The zero-order valence-electron chi connectivity index (χ0n) is 17.0. The van der Waals surface area contributed by atoms with E-state index in [0.717, 1.165) is 11.0 Å². The lowest BCUT2D eigenvalue weighted by molar-refractivity contribution is 0.144. The van der Waals surface area contributed by atoms with Gasteiger partial charge in [0, 0.05) is 20.4 Å². The molecule has 0 saturated heterocycles. The van der Waals surface area contributed by atoms with Crippen molar-refractivity contribution in [3.63, 3.8) is 0 Å². The molecule has 0 bridgehead atoms. The minimum absolute atomic E-state index is 0.210. The van der Waals surface area contributed by atoms with Crippen LogP contribution in [0.25, 0.3) is 11.0 Å². The van der Waals surface area contributed by atoms with Gasteiger partial charge in [0.25, 0.3) is 0 Å². The summed E-state index contributed by atoms with van der Waals surface area (Å²) < 4.78 is 12.3. The highest BCUT2D eigenvalue weighted by Gasteiger charge is 2.09. The number of aromatic nitrogens is 3. The van der Waals surface area contributed by atoms with Gasteiger partial charge in [0.05, 0.1) is 12.0 Å². The van der Waals surface area contributed by atoms with Crippen LogP contribution in [0.2, 0.25) is 0 Å². The number of methoxy groups -OCH3 is 1. The quantitative estimate of drug-likeness (QED) is 0.794. The van der Waals surface area contributed by atoms with Gasteiger partial charge < -0.3 is 19.8 Å². The van der Waals surface area contributed by atoms with Gasteiger partial charge in [-0.25, -0.2) is 0 Å². The van der Waals surface area contributed by atoms with Crippen LogP contribution in [0, 0.1) is 0 Å². The standard InChI is InChI=1S/C10H14N4O2.C8H16.C2H6/c1-14-4-3-7-8(14)12-10(11)13-9(7)16-6-5-15-2;1-2-4-6-8-7-5-3-1;1-2/h3-4H,5-6H2,1-2H3,(H2,11,12,13);1-8H2;1-2H3. The third kappa shape index (κ3) is 7.60. The summed E-state index contributed by atoms with van der Waals surface area (Å²) >= 11 is 0. The molecule has 0 aliphatic heterocycles. The topological polar surface area (TPSA) is 75.2 Å². The maximum Gasteiger partial charge on any atom is 0.228 e. The second-order valence-corrected chi connectivity index (χ2v) is 6.22. The van der Waals surface area contributed by atoms with Crippen LogP contribution < -0.4 is 10.5 Å². The van der Waals surface area contributed by atoms with E-state index in [1.807, 2.05) is 37.7 Å². The minimum atomic E-state index is 0.210. The molecule has 0 unspecified atom stereocenters. The maximum atomic E-state index is 5.61. The molecule has 3 rings (SSSR count). The molecule has 26 heavy (non-hydrogen) atoms. The van der Waals surface area contributed by atoms with E-state index in [4.69, 9.17) is 15.2 Å². The van der Waals surface area contributed by atoms with Crippen molar-refractivity contribution < 1.29 is 9.47 Å². The van der Waals surface area contributed by atoms with Gasteiger partial charge in [0.15, 0.2) is 0 Å². The van der Waals surface area contributed by atoms with Gasteiger partial charge in [-0.05, 0) is 6.07 Å². The fraction of sp³-hybridized carbons (Fsp3) is 0.700. The van der Waals surface area contributed by atoms with Gasteiger partial charge in [-0.15, -0.1) is 0 Å². The van der Waals surface area contributed by atoms with E-state index in [9.17, 15) is 0 Å². The molecule has 0 radical (unpaired) electrons. The van der Waals surface area contributed by atoms with Gasteiger partial charge in [-0.1, -0.05) is 65.2 Å². The Labute approximate surface area is 158 Å². The van der Waals surface area contributed by atoms with Crippen molar-refractivity contribution >= 4 is 17.0 Å². The molecule has 1 aliphatic carbocycles. The summed E-state index contributed by atoms with van der Waals surface area (Å²) in [6.07, 6.45) is 13.9. The third-order valence-corrected chi connectivity index (χ3v) is 4.23. The highest BCUT2D eigenvalue weighted by molar-refractivity contribution is 5.82. The summed E-state index contributed by atoms with van der Waals surface area (Å²) in [6.45, 7) is 4.95. The Morgan fingerprint density at radius 2 is 1.50 bits per heavy atom. The average molecular weight is 365 g/mol. The molecule has 2 N–H and O–H groups in total. The third-order valence-electron chi connectivity index (χ3n) is 4.23. The molecule has 1 aliphatic rings. The van der Waals surface area contributed by atoms with E-state index < -0.39 is 0 Å². The van der Waals surface area contributed by atoms with E-state index in [-0.39, 0.29) is 5.95 Å². The number of aryl methyl sites for hydroxylation is 1. The van der Waals surface area contributed by atoms with E-state index in [2.05, 4.69) is 9.97 Å². The molecule has 1 saturated carbocycles. The van der Waals surface area contributed by atoms with Gasteiger partial charge in [-0.3, -0.25) is 0 Å². The molecule has 6 nitrogen and oxygen atoms in total. The smallest absolute Gasteiger partial charge is 0.228 e. The van der Waals surface area contributed by atoms with Crippen molar-refractivity contribution in [2.45, 2.75) is 65.2 Å². The molecule has 0 amide bonds. The van der Waals surface area contributed by atoms with Crippen molar-refractivity contribution in [3.05, 3.63) is 12.3 Å². The van der Waals surface area contributed by atoms with Gasteiger partial charge >= 0.3 is 0 Å². The molecule has 6 heteroatoms. The summed E-state index contributed by atoms with van der Waals surface area (Å²) in [5.41, 5.74) is 6.37. The zero-order chi connectivity index (χ0) is 19.2. The van der Waals surface area contributed by atoms with Crippen LogP contribution in [-0.4, -0.2) is 34.9 Å². The number of nitrogens with two attached hydrogens (primary N) is 1. The first-order valence-electron chi connectivity index (χ1n) is 9.92. The monoisotopic (exact) mass is 364 g/mol. The molecule has 148 valence electrons. The molecule has 2 aromatic rings. The van der Waals surface area contributed by atoms with Crippen LogP contribution in [0.15, 0.2) is 12.3 Å². The first-order chi connectivity index (χ1) is 12.7. The minimum Gasteiger partial charge on any atom is -0.475 e. The van der Waals surface area contributed by atoms with Crippen molar-refractivity contribution in [1.29, 1.82) is 0 Å². The van der Waals surface area contributed by atoms with Gasteiger partial charge in [0.1, 0.15) is 12.3 Å². The van der Waals surface area contributed by atoms with E-state index in [0.29, 0.717) is 19.1 Å². The van der Waals surface area contributed by atoms with Crippen molar-refractivity contribution in [1.82, 2.24) is 14.5 Å². The largest absolute Gasteiger partial charge is 0.475 e. The lowest BCUT2D eigenvalue weighted by Gasteiger charge is -2.06. The lowest BCUT2D eigenvalue weighted by Crippen LogP contribution is -2.07. The molecular weight excluding hydrogens is 328 g/mol. The zero-order valence-corrected chi connectivity index (χ0v) is 17.0. The Hall–Kier alpha value is -1.82. The predicted octanol–water partition coefficient (Wildman–Crippen LogP) is 4.72. The number of hydrogen-bond acceptors (Lipinski definition) is 5. The molecule has 2 heterocycles. The summed E-state index contributed by atoms with van der Waals surface area (Å²) in [4.78, 5) is 8.20. The van der Waals surface area contributed by atoms with Crippen molar-refractivity contribution in [3.8, 4) is 5.88 Å². The molecule has 2 aromatic heterocycles. The van der Waals surface area contributed by atoms with Gasteiger partial charge in [-0.2, -0.15) is 9.97 Å². The van der Waals surface area contributed by atoms with Crippen molar-refractivity contribution in [2.75, 3.05) is 26.1 Å². The van der Waals surface area contributed by atoms with Crippen LogP contribution in [-0.2, 0) is 11.8 Å². The SMILES string of the molecule is C1CCCCCCC1.CC.COCCOc1nc(N)nc2c1ccn2C. The number of nitrogen functional groups attached to an aromatic ring is 1. The van der Waals surface area contributed by atoms with E-state index in [1.54, 1.807) is 7.11 Å². The second kappa shape index (κ2) is 13.4. The molecule has 1 fully saturated rings. The number of nitrogens with zero attached hydrogens (tertiary/aromatic N) is 3. The predicted molar refractivity (Wildman–Crippen MR) is 109 cm³/mol. The van der Waals surface area contributed by atoms with Crippen molar-refractivity contribution in [2.24, 2.45) is 7.05 Å². The number of fused-ring (bicyclic) bond motifs is 1. The first-order valence-corrected chi connectivity index (χ1v) is 9.92. The Kier molecular flexibility index (Phi) is 11.4. The molecular formula is C20H36N4O2. The van der Waals surface area contributed by atoms with Crippen LogP contribution in [0.5, 0.6) is 5.88 Å². The molecule has 0 atom stereocenters. The van der Waals surface area contributed by atoms with Crippen LogP contribution in [0.1, 0.15) is 65.2 Å². The Bertz CT molecular complexity index is 589. The lowest BCUT2D eigenvalue weighted by atomic mass is 10.0. The first kappa shape index (κ1) is 22.2. The van der Waals surface area contributed by atoms with E-state index in [1.165, 1.54) is 51.4 Å². The summed E-state index contributed by atoms with van der Waals surface area (Å²) in [7, 11) is 3.52. The number of ether oxygens (including phenoxy) is 2. The summed E-state index contributed by atoms with van der Waals surface area (Å²) in [5.74, 6) is 0.710. The van der Waals surface area contributed by atoms with Gasteiger partial charge in [0.2, 0.25) is 11.8 Å². The summed E-state index contributed by atoms with van der Waals surface area (Å²) in [5, 5.41) is 0.854. The fourth-order valence-corrected chi connectivity index (χ4v) is 2.87. The number of hydrogen-bond donors (Lipinski definition) is 1. The average Bonchev–Trinajstić information content (AvgIpc) is 2.98.